The number of carbonyl (C=O) groups is 1. The lowest BCUT2D eigenvalue weighted by molar-refractivity contribution is -0.132. The Labute approximate surface area is 141 Å². The normalized spacial score (nSPS) is 26.9. The number of ether oxygens (including phenoxy) is 3. The summed E-state index contributed by atoms with van der Waals surface area (Å²) in [5, 5.41) is 3.19. The lowest BCUT2D eigenvalue weighted by Crippen LogP contribution is -2.38. The Hall–Kier alpha value is -1.79. The highest BCUT2D eigenvalue weighted by Crippen LogP contribution is 2.43. The van der Waals surface area contributed by atoms with E-state index >= 15 is 0 Å². The second kappa shape index (κ2) is 6.61. The van der Waals surface area contributed by atoms with E-state index in [1.54, 1.807) is 0 Å². The van der Waals surface area contributed by atoms with Gasteiger partial charge in [-0.1, -0.05) is 6.07 Å². The zero-order valence-corrected chi connectivity index (χ0v) is 13.7. The summed E-state index contributed by atoms with van der Waals surface area (Å²) in [7, 11) is 0. The zero-order chi connectivity index (χ0) is 16.5. The topological polar surface area (TPSA) is 82.8 Å². The highest BCUT2D eigenvalue weighted by Gasteiger charge is 2.37. The van der Waals surface area contributed by atoms with E-state index in [-0.39, 0.29) is 24.2 Å². The molecular formula is C18H24N2O4. The van der Waals surface area contributed by atoms with Crippen LogP contribution in [0.2, 0.25) is 0 Å². The van der Waals surface area contributed by atoms with Crippen LogP contribution in [-0.2, 0) is 9.53 Å². The van der Waals surface area contributed by atoms with Gasteiger partial charge in [0.2, 0.25) is 5.91 Å². The lowest BCUT2D eigenvalue weighted by atomic mass is 10.0. The summed E-state index contributed by atoms with van der Waals surface area (Å²) in [6.45, 7) is 1.61. The largest absolute Gasteiger partial charge is 0.486 e. The van der Waals surface area contributed by atoms with E-state index in [4.69, 9.17) is 19.9 Å². The number of hydrogen-bond donors (Lipinski definition) is 2. The van der Waals surface area contributed by atoms with Crippen LogP contribution in [0.3, 0.4) is 0 Å². The second-order valence-electron chi connectivity index (χ2n) is 6.79. The molecule has 3 aliphatic rings. The fraction of sp³-hybridized carbons (Fsp3) is 0.611. The van der Waals surface area contributed by atoms with Crippen molar-refractivity contribution >= 4 is 5.91 Å². The van der Waals surface area contributed by atoms with Crippen LogP contribution in [0.4, 0.5) is 0 Å². The number of carbonyl (C=O) groups excluding carboxylic acids is 1. The highest BCUT2D eigenvalue weighted by molar-refractivity contribution is 5.81. The molecule has 0 spiro atoms. The summed E-state index contributed by atoms with van der Waals surface area (Å²) in [5.74, 6) is 2.00. The lowest BCUT2D eigenvalue weighted by Gasteiger charge is -2.24. The summed E-state index contributed by atoms with van der Waals surface area (Å²) < 4.78 is 17.0. The van der Waals surface area contributed by atoms with E-state index in [1.807, 2.05) is 18.2 Å². The van der Waals surface area contributed by atoms with Crippen molar-refractivity contribution in [3.05, 3.63) is 23.8 Å². The van der Waals surface area contributed by atoms with Crippen LogP contribution in [0.25, 0.3) is 0 Å². The summed E-state index contributed by atoms with van der Waals surface area (Å²) in [6.07, 6.45) is 3.50. The molecule has 1 aliphatic carbocycles. The average Bonchev–Trinajstić information content (AvgIpc) is 3.34. The number of benzene rings is 1. The Morgan fingerprint density at radius 2 is 1.96 bits per heavy atom. The van der Waals surface area contributed by atoms with Gasteiger partial charge >= 0.3 is 0 Å². The molecule has 0 radical (unpaired) electrons. The Kier molecular flexibility index (Phi) is 4.33. The highest BCUT2D eigenvalue weighted by atomic mass is 16.6. The number of hydrogen-bond acceptors (Lipinski definition) is 5. The van der Waals surface area contributed by atoms with Crippen LogP contribution in [0.1, 0.15) is 37.3 Å². The number of rotatable bonds is 5. The van der Waals surface area contributed by atoms with Crippen molar-refractivity contribution in [3.63, 3.8) is 0 Å². The molecule has 2 heterocycles. The van der Waals surface area contributed by atoms with Crippen molar-refractivity contribution in [2.24, 2.45) is 11.7 Å². The number of nitrogens with one attached hydrogen (secondary N) is 1. The molecule has 3 N–H and O–H groups in total. The van der Waals surface area contributed by atoms with Crippen LogP contribution in [0, 0.1) is 5.92 Å². The van der Waals surface area contributed by atoms with Gasteiger partial charge < -0.3 is 25.3 Å². The Morgan fingerprint density at radius 1 is 1.17 bits per heavy atom. The van der Waals surface area contributed by atoms with Gasteiger partial charge in [0.15, 0.2) is 11.5 Å². The minimum Gasteiger partial charge on any atom is -0.486 e. The first kappa shape index (κ1) is 15.7. The van der Waals surface area contributed by atoms with Gasteiger partial charge in [0, 0.05) is 6.54 Å². The summed E-state index contributed by atoms with van der Waals surface area (Å²) in [5.41, 5.74) is 6.70. The van der Waals surface area contributed by atoms with Crippen molar-refractivity contribution < 1.29 is 19.0 Å². The molecular weight excluding hydrogens is 308 g/mol. The van der Waals surface area contributed by atoms with Gasteiger partial charge in [0.05, 0.1) is 12.1 Å². The number of fused-ring (bicyclic) bond motifs is 1. The molecule has 6 heteroatoms. The van der Waals surface area contributed by atoms with Crippen molar-refractivity contribution in [2.75, 3.05) is 19.8 Å². The predicted molar refractivity (Wildman–Crippen MR) is 88.0 cm³/mol. The molecule has 6 nitrogen and oxygen atoms in total. The molecule has 0 aromatic heterocycles. The van der Waals surface area contributed by atoms with Crippen LogP contribution >= 0.6 is 0 Å². The molecule has 3 atom stereocenters. The first-order valence-electron chi connectivity index (χ1n) is 8.80. The van der Waals surface area contributed by atoms with Gasteiger partial charge in [0.25, 0.3) is 0 Å². The fourth-order valence-electron chi connectivity index (χ4n) is 3.47. The standard InChI is InChI=1S/C18H24N2O4/c19-10-13-4-6-15(24-13)18(21)20-17(11-1-2-11)12-3-5-14-16(9-12)23-8-7-22-14/h3,5,9,11,13,15,17H,1-2,4,6-8,10,19H2,(H,20,21)/t13-,15+,17?/m1/s1. The minimum absolute atomic E-state index is 0.00820. The van der Waals surface area contributed by atoms with Crippen LogP contribution in [0.5, 0.6) is 11.5 Å². The quantitative estimate of drug-likeness (QED) is 0.854. The Balaban J connectivity index is 1.48. The first-order chi connectivity index (χ1) is 11.7. The molecule has 4 rings (SSSR count). The number of amides is 1. The van der Waals surface area contributed by atoms with Crippen molar-refractivity contribution in [1.29, 1.82) is 0 Å². The van der Waals surface area contributed by atoms with Gasteiger partial charge in [-0.2, -0.15) is 0 Å². The summed E-state index contributed by atoms with van der Waals surface area (Å²) >= 11 is 0. The molecule has 1 saturated heterocycles. The minimum atomic E-state index is -0.378. The zero-order valence-electron chi connectivity index (χ0n) is 13.7. The molecule has 2 aliphatic heterocycles. The maximum Gasteiger partial charge on any atom is 0.249 e. The first-order valence-corrected chi connectivity index (χ1v) is 8.80. The predicted octanol–water partition coefficient (Wildman–Crippen LogP) is 1.53. The second-order valence-corrected chi connectivity index (χ2v) is 6.79. The molecule has 1 aromatic rings. The molecule has 2 fully saturated rings. The Bertz CT molecular complexity index is 617. The molecule has 0 bridgehead atoms. The van der Waals surface area contributed by atoms with Crippen LogP contribution in [-0.4, -0.2) is 37.9 Å². The van der Waals surface area contributed by atoms with Gasteiger partial charge in [-0.3, -0.25) is 4.79 Å². The third kappa shape index (κ3) is 3.21. The van der Waals surface area contributed by atoms with E-state index in [0.717, 1.165) is 42.7 Å². The SMILES string of the molecule is NC[C@H]1CC[C@@H](C(=O)NC(c2ccc3c(c2)OCCO3)C2CC2)O1. The van der Waals surface area contributed by atoms with Crippen LogP contribution in [0.15, 0.2) is 18.2 Å². The van der Waals surface area contributed by atoms with E-state index in [9.17, 15) is 4.79 Å². The number of nitrogens with two attached hydrogens (primary N) is 1. The molecule has 130 valence electrons. The van der Waals surface area contributed by atoms with E-state index in [2.05, 4.69) is 5.32 Å². The van der Waals surface area contributed by atoms with Gasteiger partial charge in [-0.05, 0) is 49.3 Å². The third-order valence-corrected chi connectivity index (χ3v) is 4.98. The van der Waals surface area contributed by atoms with Crippen LogP contribution < -0.4 is 20.5 Å². The van der Waals surface area contributed by atoms with Gasteiger partial charge in [0.1, 0.15) is 19.3 Å². The van der Waals surface area contributed by atoms with E-state index < -0.39 is 0 Å². The van der Waals surface area contributed by atoms with Gasteiger partial charge in [-0.15, -0.1) is 0 Å². The van der Waals surface area contributed by atoms with Crippen molar-refractivity contribution in [1.82, 2.24) is 5.32 Å². The average molecular weight is 332 g/mol. The Morgan fingerprint density at radius 3 is 2.67 bits per heavy atom. The van der Waals surface area contributed by atoms with Gasteiger partial charge in [-0.25, -0.2) is 0 Å². The van der Waals surface area contributed by atoms with Crippen molar-refractivity contribution in [2.45, 2.75) is 43.9 Å². The van der Waals surface area contributed by atoms with Crippen molar-refractivity contribution in [3.8, 4) is 11.5 Å². The molecule has 1 unspecified atom stereocenters. The maximum absolute atomic E-state index is 12.6. The smallest absolute Gasteiger partial charge is 0.249 e. The summed E-state index contributed by atoms with van der Waals surface area (Å²) in [6, 6.07) is 5.96. The van der Waals surface area contributed by atoms with E-state index in [1.165, 1.54) is 0 Å². The molecule has 1 amide bonds. The molecule has 1 aromatic carbocycles. The summed E-state index contributed by atoms with van der Waals surface area (Å²) in [4.78, 5) is 12.6. The molecule has 1 saturated carbocycles. The monoisotopic (exact) mass is 332 g/mol. The fourth-order valence-corrected chi connectivity index (χ4v) is 3.47. The van der Waals surface area contributed by atoms with E-state index in [0.29, 0.717) is 25.7 Å². The molecule has 24 heavy (non-hydrogen) atoms. The maximum atomic E-state index is 12.6. The third-order valence-electron chi connectivity index (χ3n) is 4.98.